The third-order valence-electron chi connectivity index (χ3n) is 5.39. The number of methoxy groups -OCH3 is 1. The quantitative estimate of drug-likeness (QED) is 0.530. The van der Waals surface area contributed by atoms with Gasteiger partial charge in [0.1, 0.15) is 5.75 Å². The number of hydrogen-bond acceptors (Lipinski definition) is 4. The molecule has 0 fully saturated rings. The second kappa shape index (κ2) is 8.35. The van der Waals surface area contributed by atoms with Crippen molar-refractivity contribution >= 4 is 40.6 Å². The predicted octanol–water partition coefficient (Wildman–Crippen LogP) is 5.01. The number of halogens is 2. The Morgan fingerprint density at radius 1 is 1.06 bits per heavy atom. The first-order valence-corrected chi connectivity index (χ1v) is 10.3. The number of carbonyl (C=O) groups excluding carboxylic acids is 2. The Kier molecular flexibility index (Phi) is 5.75. The van der Waals surface area contributed by atoms with Crippen LogP contribution in [-0.4, -0.2) is 23.9 Å². The zero-order chi connectivity index (χ0) is 22.2. The molecule has 3 aromatic carbocycles. The molecule has 0 spiro atoms. The number of fused-ring (bicyclic) bond motifs is 1. The van der Waals surface area contributed by atoms with Gasteiger partial charge in [0.15, 0.2) is 11.4 Å². The molecule has 7 heteroatoms. The molecule has 1 atom stereocenters. The van der Waals surface area contributed by atoms with Gasteiger partial charge in [0.2, 0.25) is 0 Å². The molecule has 0 saturated carbocycles. The van der Waals surface area contributed by atoms with Crippen molar-refractivity contribution in [2.75, 3.05) is 12.0 Å². The maximum atomic E-state index is 13.4. The van der Waals surface area contributed by atoms with Crippen molar-refractivity contribution < 1.29 is 19.4 Å². The minimum atomic E-state index is -2.04. The fourth-order valence-electron chi connectivity index (χ4n) is 3.78. The van der Waals surface area contributed by atoms with Gasteiger partial charge >= 0.3 is 0 Å². The summed E-state index contributed by atoms with van der Waals surface area (Å²) in [6, 6.07) is 18.6. The molecule has 0 aromatic heterocycles. The fraction of sp³-hybridized carbons (Fsp3) is 0.167. The Balaban J connectivity index is 1.72. The molecule has 0 unspecified atom stereocenters. The summed E-state index contributed by atoms with van der Waals surface area (Å²) in [7, 11) is 1.50. The molecule has 0 saturated heterocycles. The summed E-state index contributed by atoms with van der Waals surface area (Å²) in [5.41, 5.74) is -0.180. The highest BCUT2D eigenvalue weighted by Crippen LogP contribution is 2.45. The SMILES string of the molecule is COc1cccc(C(=O)C[C@@]2(O)C(=O)N(Cc3ccccc3Cl)c3ccc(Cl)cc32)c1. The zero-order valence-electron chi connectivity index (χ0n) is 16.6. The average molecular weight is 456 g/mol. The van der Waals surface area contributed by atoms with E-state index in [-0.39, 0.29) is 12.3 Å². The van der Waals surface area contributed by atoms with E-state index < -0.39 is 17.9 Å². The molecule has 3 aromatic rings. The average Bonchev–Trinajstić information content (AvgIpc) is 2.96. The minimum Gasteiger partial charge on any atom is -0.497 e. The number of aliphatic hydroxyl groups is 1. The number of hydrogen-bond donors (Lipinski definition) is 1. The molecular weight excluding hydrogens is 437 g/mol. The van der Waals surface area contributed by atoms with E-state index >= 15 is 0 Å². The first kappa shape index (κ1) is 21.4. The lowest BCUT2D eigenvalue weighted by Gasteiger charge is -2.23. The molecule has 1 N–H and O–H groups in total. The highest BCUT2D eigenvalue weighted by Gasteiger charge is 2.51. The highest BCUT2D eigenvalue weighted by atomic mass is 35.5. The van der Waals surface area contributed by atoms with E-state index in [4.69, 9.17) is 27.9 Å². The molecule has 0 aliphatic carbocycles. The van der Waals surface area contributed by atoms with Gasteiger partial charge < -0.3 is 14.7 Å². The largest absolute Gasteiger partial charge is 0.497 e. The Morgan fingerprint density at radius 3 is 2.58 bits per heavy atom. The predicted molar refractivity (Wildman–Crippen MR) is 120 cm³/mol. The van der Waals surface area contributed by atoms with Gasteiger partial charge in [-0.25, -0.2) is 0 Å². The molecule has 0 radical (unpaired) electrons. The molecule has 1 aliphatic rings. The summed E-state index contributed by atoms with van der Waals surface area (Å²) in [5, 5.41) is 12.3. The van der Waals surface area contributed by atoms with Crippen LogP contribution >= 0.6 is 23.2 Å². The fourth-order valence-corrected chi connectivity index (χ4v) is 4.15. The molecule has 31 heavy (non-hydrogen) atoms. The van der Waals surface area contributed by atoms with E-state index in [0.717, 1.165) is 5.56 Å². The third-order valence-corrected chi connectivity index (χ3v) is 5.99. The number of benzene rings is 3. The van der Waals surface area contributed by atoms with E-state index in [1.54, 1.807) is 48.5 Å². The summed E-state index contributed by atoms with van der Waals surface area (Å²) in [6.45, 7) is 0.156. The first-order chi connectivity index (χ1) is 14.8. The summed E-state index contributed by atoms with van der Waals surface area (Å²) in [6.07, 6.45) is -0.425. The Morgan fingerprint density at radius 2 is 1.84 bits per heavy atom. The van der Waals surface area contributed by atoms with Gasteiger partial charge in [-0.2, -0.15) is 0 Å². The number of amides is 1. The maximum absolute atomic E-state index is 13.4. The first-order valence-electron chi connectivity index (χ1n) is 9.58. The van der Waals surface area contributed by atoms with Crippen molar-refractivity contribution in [3.05, 3.63) is 93.5 Å². The monoisotopic (exact) mass is 455 g/mol. The topological polar surface area (TPSA) is 66.8 Å². The number of nitrogens with zero attached hydrogens (tertiary/aromatic N) is 1. The summed E-state index contributed by atoms with van der Waals surface area (Å²) >= 11 is 12.4. The van der Waals surface area contributed by atoms with Crippen molar-refractivity contribution in [3.63, 3.8) is 0 Å². The number of ketones is 1. The van der Waals surface area contributed by atoms with Gasteiger partial charge in [0, 0.05) is 21.2 Å². The number of Topliss-reactive ketones (excluding diaryl/α,β-unsaturated/α-hetero) is 1. The van der Waals surface area contributed by atoms with Crippen molar-refractivity contribution in [1.82, 2.24) is 0 Å². The standard InChI is InChI=1S/C24H19Cl2NO4/c1-31-18-7-4-6-15(11-18)22(28)13-24(30)19-12-17(25)9-10-21(19)27(23(24)29)14-16-5-2-3-8-20(16)26/h2-12,30H,13-14H2,1H3/t24-/m0/s1. The minimum absolute atomic E-state index is 0.156. The molecule has 1 heterocycles. The van der Waals surface area contributed by atoms with Crippen LogP contribution in [0.3, 0.4) is 0 Å². The molecule has 4 rings (SSSR count). The number of ether oxygens (including phenoxy) is 1. The molecule has 1 aliphatic heterocycles. The zero-order valence-corrected chi connectivity index (χ0v) is 18.2. The van der Waals surface area contributed by atoms with Crippen LogP contribution in [0.2, 0.25) is 10.0 Å². The van der Waals surface area contributed by atoms with Crippen molar-refractivity contribution in [2.24, 2.45) is 0 Å². The maximum Gasteiger partial charge on any atom is 0.264 e. The van der Waals surface area contributed by atoms with Gasteiger partial charge in [-0.15, -0.1) is 0 Å². The van der Waals surface area contributed by atoms with Gasteiger partial charge in [-0.05, 0) is 42.0 Å². The third kappa shape index (κ3) is 3.92. The molecule has 5 nitrogen and oxygen atoms in total. The van der Waals surface area contributed by atoms with Gasteiger partial charge in [-0.1, -0.05) is 53.5 Å². The molecule has 158 valence electrons. The van der Waals surface area contributed by atoms with Crippen LogP contribution in [-0.2, 0) is 16.9 Å². The Labute approximate surface area is 189 Å². The van der Waals surface area contributed by atoms with Crippen molar-refractivity contribution in [3.8, 4) is 5.75 Å². The van der Waals surface area contributed by atoms with E-state index in [0.29, 0.717) is 32.6 Å². The molecule has 1 amide bonds. The van der Waals surface area contributed by atoms with Crippen LogP contribution in [0, 0.1) is 0 Å². The summed E-state index contributed by atoms with van der Waals surface area (Å²) in [5.74, 6) is -0.472. The van der Waals surface area contributed by atoms with Crippen LogP contribution in [0.5, 0.6) is 5.75 Å². The number of anilines is 1. The van der Waals surface area contributed by atoms with E-state index in [1.165, 1.54) is 18.1 Å². The van der Waals surface area contributed by atoms with Crippen LogP contribution in [0.15, 0.2) is 66.7 Å². The van der Waals surface area contributed by atoms with Crippen LogP contribution in [0.1, 0.15) is 27.9 Å². The lowest BCUT2D eigenvalue weighted by Crippen LogP contribution is -2.41. The second-order valence-corrected chi connectivity index (χ2v) is 8.18. The lowest BCUT2D eigenvalue weighted by molar-refractivity contribution is -0.136. The number of rotatable bonds is 6. The highest BCUT2D eigenvalue weighted by molar-refractivity contribution is 6.31. The van der Waals surface area contributed by atoms with Gasteiger partial charge in [0.25, 0.3) is 5.91 Å². The Hall–Kier alpha value is -2.86. The van der Waals surface area contributed by atoms with Gasteiger partial charge in [-0.3, -0.25) is 9.59 Å². The van der Waals surface area contributed by atoms with Gasteiger partial charge in [0.05, 0.1) is 25.8 Å². The molecular formula is C24H19Cl2NO4. The second-order valence-electron chi connectivity index (χ2n) is 7.34. The van der Waals surface area contributed by atoms with Crippen LogP contribution in [0.25, 0.3) is 0 Å². The van der Waals surface area contributed by atoms with Crippen molar-refractivity contribution in [1.29, 1.82) is 0 Å². The van der Waals surface area contributed by atoms with E-state index in [2.05, 4.69) is 0 Å². The smallest absolute Gasteiger partial charge is 0.264 e. The summed E-state index contributed by atoms with van der Waals surface area (Å²) in [4.78, 5) is 27.8. The van der Waals surface area contributed by atoms with Crippen LogP contribution < -0.4 is 9.64 Å². The lowest BCUT2D eigenvalue weighted by atomic mass is 9.88. The normalized spacial score (nSPS) is 17.5. The molecule has 0 bridgehead atoms. The Bertz CT molecular complexity index is 1180. The van der Waals surface area contributed by atoms with Crippen LogP contribution in [0.4, 0.5) is 5.69 Å². The van der Waals surface area contributed by atoms with E-state index in [1.807, 2.05) is 12.1 Å². The van der Waals surface area contributed by atoms with E-state index in [9.17, 15) is 14.7 Å². The summed E-state index contributed by atoms with van der Waals surface area (Å²) < 4.78 is 5.17. The number of carbonyl (C=O) groups is 2. The van der Waals surface area contributed by atoms with Crippen molar-refractivity contribution in [2.45, 2.75) is 18.6 Å².